The molecule has 0 aliphatic heterocycles. The smallest absolute Gasteiger partial charge is 0.342 e. The van der Waals surface area contributed by atoms with E-state index >= 15 is 0 Å². The molecule has 0 fully saturated rings. The Morgan fingerprint density at radius 1 is 1.33 bits per heavy atom. The first-order valence-electron chi connectivity index (χ1n) is 5.67. The van der Waals surface area contributed by atoms with Crippen LogP contribution in [0.2, 0.25) is 0 Å². The van der Waals surface area contributed by atoms with E-state index in [2.05, 4.69) is 15.3 Å². The number of nitrogens with one attached hydrogen (secondary N) is 2. The van der Waals surface area contributed by atoms with Crippen molar-refractivity contribution in [3.05, 3.63) is 29.6 Å². The molecule has 0 unspecified atom stereocenters. The third-order valence-electron chi connectivity index (χ3n) is 2.58. The maximum atomic E-state index is 11.9. The molecule has 1 aromatic heterocycles. The van der Waals surface area contributed by atoms with Crippen LogP contribution in [0.5, 0.6) is 0 Å². The van der Waals surface area contributed by atoms with Crippen molar-refractivity contribution in [3.63, 3.8) is 0 Å². The fourth-order valence-corrected chi connectivity index (χ4v) is 1.80. The van der Waals surface area contributed by atoms with E-state index in [1.165, 1.54) is 0 Å². The highest BCUT2D eigenvalue weighted by molar-refractivity contribution is 5.75. The molecule has 98 valence electrons. The van der Waals surface area contributed by atoms with Crippen LogP contribution < -0.4 is 5.32 Å². The van der Waals surface area contributed by atoms with Gasteiger partial charge in [0.15, 0.2) is 0 Å². The Hall–Kier alpha value is -1.56. The third kappa shape index (κ3) is 3.46. The lowest BCUT2D eigenvalue weighted by Gasteiger charge is -2.07. The molecular formula is C12H14F3N3. The van der Waals surface area contributed by atoms with Crippen LogP contribution in [-0.2, 0) is 6.42 Å². The number of hydrogen-bond acceptors (Lipinski definition) is 2. The number of aromatic amines is 1. The number of aromatic nitrogens is 2. The number of alkyl halides is 3. The van der Waals surface area contributed by atoms with Crippen LogP contribution >= 0.6 is 0 Å². The highest BCUT2D eigenvalue weighted by Gasteiger charge is 2.25. The predicted octanol–water partition coefficient (Wildman–Crippen LogP) is 2.57. The molecule has 0 radical (unpaired) electrons. The Balaban J connectivity index is 1.91. The number of aryl methyl sites for hydroxylation is 1. The van der Waals surface area contributed by atoms with Crippen LogP contribution in [0.1, 0.15) is 11.4 Å². The van der Waals surface area contributed by atoms with Crippen molar-refractivity contribution in [2.24, 2.45) is 0 Å². The minimum Gasteiger partial charge on any atom is -0.342 e. The SMILES string of the molecule is Cc1nc2ccc(CCNCC(F)(F)F)cc2[nH]1. The number of imidazole rings is 1. The van der Waals surface area contributed by atoms with Crippen molar-refractivity contribution in [2.75, 3.05) is 13.1 Å². The molecule has 1 aromatic carbocycles. The summed E-state index contributed by atoms with van der Waals surface area (Å²) in [6.07, 6.45) is -3.59. The number of H-pyrrole nitrogens is 1. The summed E-state index contributed by atoms with van der Waals surface area (Å²) in [6, 6.07) is 5.68. The molecule has 18 heavy (non-hydrogen) atoms. The van der Waals surface area contributed by atoms with Crippen LogP contribution in [0.3, 0.4) is 0 Å². The van der Waals surface area contributed by atoms with Crippen molar-refractivity contribution >= 4 is 11.0 Å². The molecule has 0 aliphatic carbocycles. The van der Waals surface area contributed by atoms with E-state index in [0.717, 1.165) is 22.4 Å². The van der Waals surface area contributed by atoms with E-state index in [4.69, 9.17) is 0 Å². The van der Waals surface area contributed by atoms with Crippen molar-refractivity contribution in [3.8, 4) is 0 Å². The number of rotatable bonds is 4. The van der Waals surface area contributed by atoms with Gasteiger partial charge in [0.25, 0.3) is 0 Å². The highest BCUT2D eigenvalue weighted by atomic mass is 19.4. The minimum absolute atomic E-state index is 0.304. The van der Waals surface area contributed by atoms with Gasteiger partial charge in [-0.2, -0.15) is 13.2 Å². The summed E-state index contributed by atoms with van der Waals surface area (Å²) in [4.78, 5) is 7.37. The van der Waals surface area contributed by atoms with Gasteiger partial charge in [-0.25, -0.2) is 4.98 Å². The summed E-state index contributed by atoms with van der Waals surface area (Å²) >= 11 is 0. The lowest BCUT2D eigenvalue weighted by molar-refractivity contribution is -0.124. The monoisotopic (exact) mass is 257 g/mol. The summed E-state index contributed by atoms with van der Waals surface area (Å²) in [6.45, 7) is 1.22. The molecule has 2 rings (SSSR count). The van der Waals surface area contributed by atoms with Gasteiger partial charge in [0.2, 0.25) is 0 Å². The van der Waals surface area contributed by atoms with Gasteiger partial charge in [-0.1, -0.05) is 6.07 Å². The van der Waals surface area contributed by atoms with Gasteiger partial charge < -0.3 is 10.3 Å². The molecule has 2 N–H and O–H groups in total. The number of fused-ring (bicyclic) bond motifs is 1. The molecule has 0 atom stereocenters. The lowest BCUT2D eigenvalue weighted by atomic mass is 10.1. The van der Waals surface area contributed by atoms with Gasteiger partial charge in [0, 0.05) is 0 Å². The first kappa shape index (κ1) is 12.9. The molecule has 6 heteroatoms. The molecule has 0 amide bonds. The second-order valence-electron chi connectivity index (χ2n) is 4.22. The first-order valence-corrected chi connectivity index (χ1v) is 5.67. The van der Waals surface area contributed by atoms with Crippen molar-refractivity contribution in [1.82, 2.24) is 15.3 Å². The van der Waals surface area contributed by atoms with E-state index in [1.54, 1.807) is 0 Å². The predicted molar refractivity (Wildman–Crippen MR) is 63.5 cm³/mol. The van der Waals surface area contributed by atoms with Crippen LogP contribution in [0.4, 0.5) is 13.2 Å². The standard InChI is InChI=1S/C12H14F3N3/c1-8-17-10-3-2-9(6-11(10)18-8)4-5-16-7-12(13,14)15/h2-3,6,16H,4-5,7H2,1H3,(H,17,18). The molecular weight excluding hydrogens is 243 g/mol. The topological polar surface area (TPSA) is 40.7 Å². The molecule has 2 aromatic rings. The zero-order valence-corrected chi connectivity index (χ0v) is 9.93. The highest BCUT2D eigenvalue weighted by Crippen LogP contribution is 2.14. The average molecular weight is 257 g/mol. The van der Waals surface area contributed by atoms with Gasteiger partial charge >= 0.3 is 6.18 Å². The van der Waals surface area contributed by atoms with E-state index in [-0.39, 0.29) is 0 Å². The van der Waals surface area contributed by atoms with Crippen molar-refractivity contribution in [2.45, 2.75) is 19.5 Å². The molecule has 1 heterocycles. The van der Waals surface area contributed by atoms with E-state index < -0.39 is 12.7 Å². The fraction of sp³-hybridized carbons (Fsp3) is 0.417. The van der Waals surface area contributed by atoms with Gasteiger partial charge in [0.1, 0.15) is 5.82 Å². The molecule has 0 aliphatic rings. The summed E-state index contributed by atoms with van der Waals surface area (Å²) in [5.41, 5.74) is 2.78. The maximum Gasteiger partial charge on any atom is 0.401 e. The zero-order valence-electron chi connectivity index (χ0n) is 9.93. The fourth-order valence-electron chi connectivity index (χ4n) is 1.80. The molecule has 0 saturated heterocycles. The van der Waals surface area contributed by atoms with Crippen LogP contribution in [0.25, 0.3) is 11.0 Å². The van der Waals surface area contributed by atoms with Crippen LogP contribution in [0.15, 0.2) is 18.2 Å². The Morgan fingerprint density at radius 2 is 2.11 bits per heavy atom. The molecule has 0 saturated carbocycles. The quantitative estimate of drug-likeness (QED) is 0.826. The van der Waals surface area contributed by atoms with Crippen molar-refractivity contribution < 1.29 is 13.2 Å². The molecule has 0 bridgehead atoms. The number of halogens is 3. The summed E-state index contributed by atoms with van der Waals surface area (Å²) in [5.74, 6) is 0.831. The molecule has 0 spiro atoms. The summed E-state index contributed by atoms with van der Waals surface area (Å²) < 4.78 is 35.8. The maximum absolute atomic E-state index is 11.9. The Kier molecular flexibility index (Phi) is 3.56. The second kappa shape index (κ2) is 4.97. The van der Waals surface area contributed by atoms with Crippen LogP contribution in [0, 0.1) is 6.92 Å². The number of benzene rings is 1. The van der Waals surface area contributed by atoms with Gasteiger partial charge in [-0.05, 0) is 37.6 Å². The zero-order chi connectivity index (χ0) is 13.2. The van der Waals surface area contributed by atoms with Crippen molar-refractivity contribution in [1.29, 1.82) is 0 Å². The summed E-state index contributed by atoms with van der Waals surface area (Å²) in [7, 11) is 0. The van der Waals surface area contributed by atoms with Gasteiger partial charge in [-0.15, -0.1) is 0 Å². The minimum atomic E-state index is -4.15. The van der Waals surface area contributed by atoms with E-state index in [9.17, 15) is 13.2 Å². The average Bonchev–Trinajstić information content (AvgIpc) is 2.62. The Bertz CT molecular complexity index is 531. The largest absolute Gasteiger partial charge is 0.401 e. The van der Waals surface area contributed by atoms with Gasteiger partial charge in [0.05, 0.1) is 17.6 Å². The number of hydrogen-bond donors (Lipinski definition) is 2. The van der Waals surface area contributed by atoms with E-state index in [0.29, 0.717) is 13.0 Å². The molecule has 3 nitrogen and oxygen atoms in total. The van der Waals surface area contributed by atoms with Crippen LogP contribution in [-0.4, -0.2) is 29.2 Å². The second-order valence-corrected chi connectivity index (χ2v) is 4.22. The third-order valence-corrected chi connectivity index (χ3v) is 2.58. The Labute approximate surface area is 102 Å². The van der Waals surface area contributed by atoms with E-state index in [1.807, 2.05) is 25.1 Å². The Morgan fingerprint density at radius 3 is 2.83 bits per heavy atom. The normalized spacial score (nSPS) is 12.2. The number of nitrogens with zero attached hydrogens (tertiary/aromatic N) is 1. The van der Waals surface area contributed by atoms with Gasteiger partial charge in [-0.3, -0.25) is 0 Å². The lowest BCUT2D eigenvalue weighted by Crippen LogP contribution is -2.30. The first-order chi connectivity index (χ1) is 8.44. The summed E-state index contributed by atoms with van der Waals surface area (Å²) in [5, 5.41) is 2.38.